The molecule has 20 heavy (non-hydrogen) atoms. The number of thiophene rings is 1. The van der Waals surface area contributed by atoms with Crippen LogP contribution in [0.1, 0.15) is 25.1 Å². The fourth-order valence-corrected chi connectivity index (χ4v) is 2.37. The van der Waals surface area contributed by atoms with Gasteiger partial charge < -0.3 is 8.94 Å². The molecule has 0 saturated heterocycles. The Morgan fingerprint density at radius 2 is 2.30 bits per heavy atom. The Balaban J connectivity index is 1.80. The Labute approximate surface area is 117 Å². The Morgan fingerprint density at radius 1 is 1.40 bits per heavy atom. The molecule has 8 heteroatoms. The normalized spacial score (nSPS) is 11.1. The van der Waals surface area contributed by atoms with Crippen molar-refractivity contribution in [2.24, 2.45) is 0 Å². The molecule has 0 aliphatic carbocycles. The number of nitrogens with zero attached hydrogens (tertiary/aromatic N) is 4. The molecule has 0 N–H and O–H groups in total. The van der Waals surface area contributed by atoms with Crippen LogP contribution in [0.4, 0.5) is 0 Å². The van der Waals surface area contributed by atoms with E-state index in [0.29, 0.717) is 24.0 Å². The first-order valence-corrected chi connectivity index (χ1v) is 7.07. The highest BCUT2D eigenvalue weighted by molar-refractivity contribution is 7.13. The summed E-state index contributed by atoms with van der Waals surface area (Å²) >= 11 is 1.52. The second-order valence-electron chi connectivity index (χ2n) is 4.16. The molecular formula is C12H12N4O3S. The molecule has 3 aromatic rings. The van der Waals surface area contributed by atoms with Gasteiger partial charge in [0, 0.05) is 6.42 Å². The summed E-state index contributed by atoms with van der Waals surface area (Å²) in [6.45, 7) is 2.11. The lowest BCUT2D eigenvalue weighted by molar-refractivity contribution is 0.359. The van der Waals surface area contributed by atoms with Gasteiger partial charge in [0.2, 0.25) is 17.6 Å². The molecule has 0 spiro atoms. The van der Waals surface area contributed by atoms with Crippen molar-refractivity contribution in [1.82, 2.24) is 19.9 Å². The van der Waals surface area contributed by atoms with Gasteiger partial charge in [-0.05, 0) is 17.9 Å². The number of hydrogen-bond donors (Lipinski definition) is 0. The highest BCUT2D eigenvalue weighted by Gasteiger charge is 2.13. The average molecular weight is 292 g/mol. The maximum Gasteiger partial charge on any atom is 0.437 e. The number of aromatic nitrogens is 4. The summed E-state index contributed by atoms with van der Waals surface area (Å²) in [6, 6.07) is 3.82. The van der Waals surface area contributed by atoms with Crippen molar-refractivity contribution < 1.29 is 8.94 Å². The molecule has 0 amide bonds. The van der Waals surface area contributed by atoms with Crippen molar-refractivity contribution in [3.8, 4) is 10.7 Å². The summed E-state index contributed by atoms with van der Waals surface area (Å²) in [5.74, 6) is 0.756. The molecule has 0 aliphatic heterocycles. The van der Waals surface area contributed by atoms with E-state index >= 15 is 0 Å². The van der Waals surface area contributed by atoms with E-state index in [1.54, 1.807) is 0 Å². The van der Waals surface area contributed by atoms with Gasteiger partial charge >= 0.3 is 5.76 Å². The number of hydrogen-bond acceptors (Lipinski definition) is 7. The van der Waals surface area contributed by atoms with Crippen LogP contribution in [0.25, 0.3) is 10.7 Å². The minimum atomic E-state index is -0.510. The van der Waals surface area contributed by atoms with E-state index in [-0.39, 0.29) is 6.54 Å². The van der Waals surface area contributed by atoms with Gasteiger partial charge in [-0.1, -0.05) is 18.1 Å². The van der Waals surface area contributed by atoms with E-state index < -0.39 is 5.76 Å². The molecule has 0 atom stereocenters. The van der Waals surface area contributed by atoms with Crippen LogP contribution in [-0.2, 0) is 13.0 Å². The predicted octanol–water partition coefficient (Wildman–Crippen LogP) is 1.95. The Bertz CT molecular complexity index is 741. The zero-order chi connectivity index (χ0) is 13.9. The molecule has 104 valence electrons. The van der Waals surface area contributed by atoms with E-state index in [0.717, 1.165) is 11.3 Å². The third-order valence-corrected chi connectivity index (χ3v) is 3.47. The third-order valence-electron chi connectivity index (χ3n) is 2.61. The molecule has 0 aliphatic rings. The lowest BCUT2D eigenvalue weighted by atomic mass is 10.3. The summed E-state index contributed by atoms with van der Waals surface area (Å²) in [6.07, 6.45) is 1.50. The summed E-state index contributed by atoms with van der Waals surface area (Å²) in [4.78, 5) is 16.8. The second kappa shape index (κ2) is 5.41. The minimum Gasteiger partial charge on any atom is -0.392 e. The zero-order valence-electron chi connectivity index (χ0n) is 10.8. The first-order chi connectivity index (χ1) is 9.76. The second-order valence-corrected chi connectivity index (χ2v) is 5.11. The van der Waals surface area contributed by atoms with E-state index in [4.69, 9.17) is 8.94 Å². The number of rotatable bonds is 5. The van der Waals surface area contributed by atoms with Crippen LogP contribution in [0.3, 0.4) is 0 Å². The fraction of sp³-hybridized carbons (Fsp3) is 0.333. The van der Waals surface area contributed by atoms with Crippen molar-refractivity contribution in [3.63, 3.8) is 0 Å². The van der Waals surface area contributed by atoms with Crippen molar-refractivity contribution in [2.45, 2.75) is 26.3 Å². The van der Waals surface area contributed by atoms with Crippen molar-refractivity contribution in [3.05, 3.63) is 39.8 Å². The van der Waals surface area contributed by atoms with E-state index in [1.807, 2.05) is 24.4 Å². The maximum atomic E-state index is 11.6. The van der Waals surface area contributed by atoms with Gasteiger partial charge in [-0.25, -0.2) is 4.79 Å². The van der Waals surface area contributed by atoms with E-state index in [2.05, 4.69) is 15.2 Å². The highest BCUT2D eigenvalue weighted by atomic mass is 32.1. The van der Waals surface area contributed by atoms with Crippen LogP contribution >= 0.6 is 11.3 Å². The first-order valence-electron chi connectivity index (χ1n) is 6.19. The standard InChI is InChI=1S/C12H12N4O3S/c1-2-4-9-14-16(12(17)18-9)7-10-13-11(15-19-10)8-5-3-6-20-8/h3,5-6H,2,4,7H2,1H3. The van der Waals surface area contributed by atoms with Gasteiger partial charge in [-0.2, -0.15) is 9.67 Å². The molecule has 3 rings (SSSR count). The maximum absolute atomic E-state index is 11.6. The first kappa shape index (κ1) is 12.8. The molecule has 7 nitrogen and oxygen atoms in total. The summed E-state index contributed by atoms with van der Waals surface area (Å²) < 4.78 is 11.3. The van der Waals surface area contributed by atoms with Crippen molar-refractivity contribution in [2.75, 3.05) is 0 Å². The molecular weight excluding hydrogens is 280 g/mol. The minimum absolute atomic E-state index is 0.115. The lowest BCUT2D eigenvalue weighted by Gasteiger charge is -1.90. The molecule has 3 aromatic heterocycles. The smallest absolute Gasteiger partial charge is 0.392 e. The fourth-order valence-electron chi connectivity index (χ4n) is 1.72. The van der Waals surface area contributed by atoms with Gasteiger partial charge in [0.05, 0.1) is 4.88 Å². The summed E-state index contributed by atoms with van der Waals surface area (Å²) in [5, 5.41) is 9.89. The van der Waals surface area contributed by atoms with Crippen LogP contribution in [0.5, 0.6) is 0 Å². The molecule has 0 aromatic carbocycles. The van der Waals surface area contributed by atoms with E-state index in [1.165, 1.54) is 16.0 Å². The van der Waals surface area contributed by atoms with Gasteiger partial charge in [-0.3, -0.25) is 0 Å². The van der Waals surface area contributed by atoms with Crippen LogP contribution in [0.15, 0.2) is 31.2 Å². The third kappa shape index (κ3) is 2.55. The highest BCUT2D eigenvalue weighted by Crippen LogP contribution is 2.21. The Hall–Kier alpha value is -2.22. The van der Waals surface area contributed by atoms with Gasteiger partial charge in [-0.15, -0.1) is 16.4 Å². The van der Waals surface area contributed by atoms with E-state index in [9.17, 15) is 4.79 Å². The largest absolute Gasteiger partial charge is 0.437 e. The van der Waals surface area contributed by atoms with Crippen LogP contribution < -0.4 is 5.76 Å². The van der Waals surface area contributed by atoms with Gasteiger partial charge in [0.25, 0.3) is 0 Å². The number of aryl methyl sites for hydroxylation is 1. The van der Waals surface area contributed by atoms with Crippen LogP contribution in [-0.4, -0.2) is 19.9 Å². The van der Waals surface area contributed by atoms with Gasteiger partial charge in [0.1, 0.15) is 6.54 Å². The van der Waals surface area contributed by atoms with Gasteiger partial charge in [0.15, 0.2) is 0 Å². The Morgan fingerprint density at radius 3 is 3.05 bits per heavy atom. The zero-order valence-corrected chi connectivity index (χ0v) is 11.6. The topological polar surface area (TPSA) is 87.0 Å². The molecule has 0 saturated carbocycles. The van der Waals surface area contributed by atoms with Crippen molar-refractivity contribution >= 4 is 11.3 Å². The SMILES string of the molecule is CCCc1nn(Cc2nc(-c3cccs3)no2)c(=O)o1. The average Bonchev–Trinajstić information content (AvgIpc) is 3.13. The predicted molar refractivity (Wildman–Crippen MR) is 71.5 cm³/mol. The lowest BCUT2D eigenvalue weighted by Crippen LogP contribution is -2.16. The monoisotopic (exact) mass is 292 g/mol. The summed E-state index contributed by atoms with van der Waals surface area (Å²) in [7, 11) is 0. The Kier molecular flexibility index (Phi) is 3.46. The van der Waals surface area contributed by atoms with Crippen LogP contribution in [0, 0.1) is 0 Å². The van der Waals surface area contributed by atoms with Crippen LogP contribution in [0.2, 0.25) is 0 Å². The molecule has 0 radical (unpaired) electrons. The summed E-state index contributed by atoms with van der Waals surface area (Å²) in [5.41, 5.74) is 0. The van der Waals surface area contributed by atoms with Crippen molar-refractivity contribution in [1.29, 1.82) is 0 Å². The molecule has 0 unspecified atom stereocenters. The molecule has 0 fully saturated rings. The molecule has 3 heterocycles. The quantitative estimate of drug-likeness (QED) is 0.714. The molecule has 0 bridgehead atoms.